The van der Waals surface area contributed by atoms with Gasteiger partial charge in [-0.05, 0) is 30.5 Å². The van der Waals surface area contributed by atoms with E-state index in [0.717, 1.165) is 43.9 Å². The lowest BCUT2D eigenvalue weighted by atomic mass is 9.95. The average molecular weight is 328 g/mol. The maximum atomic E-state index is 12.4. The van der Waals surface area contributed by atoms with E-state index in [4.69, 9.17) is 4.74 Å². The lowest BCUT2D eigenvalue weighted by Crippen LogP contribution is -2.39. The summed E-state index contributed by atoms with van der Waals surface area (Å²) in [5, 5.41) is 0. The van der Waals surface area contributed by atoms with Crippen LogP contribution < -0.4 is 0 Å². The van der Waals surface area contributed by atoms with E-state index < -0.39 is 0 Å². The molecule has 24 heavy (non-hydrogen) atoms. The fraction of sp³-hybridized carbons (Fsp3) is 0.500. The van der Waals surface area contributed by atoms with Gasteiger partial charge in [-0.2, -0.15) is 0 Å². The van der Waals surface area contributed by atoms with Crippen molar-refractivity contribution in [2.45, 2.75) is 31.7 Å². The molecule has 6 heteroatoms. The molecule has 2 aromatic heterocycles. The molecule has 1 aliphatic rings. The molecule has 0 spiro atoms. The molecule has 0 aliphatic carbocycles. The van der Waals surface area contributed by atoms with Gasteiger partial charge in [0.2, 0.25) is 5.91 Å². The Hall–Kier alpha value is -2.21. The first kappa shape index (κ1) is 16.6. The number of rotatable bonds is 6. The van der Waals surface area contributed by atoms with Crippen LogP contribution in [-0.2, 0) is 22.5 Å². The summed E-state index contributed by atoms with van der Waals surface area (Å²) in [7, 11) is 1.71. The SMILES string of the molecule is COCCn1ccnc1C1CCN(C(=O)Cc2ccncc2)CC1. The van der Waals surface area contributed by atoms with Gasteiger partial charge in [-0.3, -0.25) is 9.78 Å². The molecule has 1 fully saturated rings. The molecule has 1 aliphatic heterocycles. The zero-order chi connectivity index (χ0) is 16.8. The summed E-state index contributed by atoms with van der Waals surface area (Å²) < 4.78 is 7.33. The molecule has 1 saturated heterocycles. The van der Waals surface area contributed by atoms with Crippen molar-refractivity contribution in [1.29, 1.82) is 0 Å². The molecule has 0 unspecified atom stereocenters. The molecule has 3 heterocycles. The largest absolute Gasteiger partial charge is 0.383 e. The lowest BCUT2D eigenvalue weighted by molar-refractivity contribution is -0.131. The lowest BCUT2D eigenvalue weighted by Gasteiger charge is -2.32. The maximum absolute atomic E-state index is 12.4. The minimum atomic E-state index is 0.197. The first-order valence-corrected chi connectivity index (χ1v) is 8.44. The third-order valence-electron chi connectivity index (χ3n) is 4.60. The number of nitrogens with zero attached hydrogens (tertiary/aromatic N) is 4. The van der Waals surface area contributed by atoms with Crippen molar-refractivity contribution in [3.05, 3.63) is 48.3 Å². The molecular weight excluding hydrogens is 304 g/mol. The van der Waals surface area contributed by atoms with E-state index in [9.17, 15) is 4.79 Å². The number of piperidine rings is 1. The Balaban J connectivity index is 1.54. The molecule has 6 nitrogen and oxygen atoms in total. The Bertz CT molecular complexity index is 648. The Morgan fingerprint density at radius 2 is 2.00 bits per heavy atom. The summed E-state index contributed by atoms with van der Waals surface area (Å²) in [6, 6.07) is 3.80. The van der Waals surface area contributed by atoms with Crippen molar-refractivity contribution in [2.24, 2.45) is 0 Å². The van der Waals surface area contributed by atoms with Gasteiger partial charge in [0.1, 0.15) is 5.82 Å². The van der Waals surface area contributed by atoms with Crippen molar-refractivity contribution in [2.75, 3.05) is 26.8 Å². The molecule has 0 radical (unpaired) electrons. The maximum Gasteiger partial charge on any atom is 0.226 e. The van der Waals surface area contributed by atoms with Gasteiger partial charge in [-0.25, -0.2) is 4.98 Å². The van der Waals surface area contributed by atoms with Crippen molar-refractivity contribution in [3.8, 4) is 0 Å². The zero-order valence-corrected chi connectivity index (χ0v) is 14.1. The quantitative estimate of drug-likeness (QED) is 0.812. The second-order valence-electron chi connectivity index (χ2n) is 6.16. The summed E-state index contributed by atoms with van der Waals surface area (Å²) in [4.78, 5) is 22.9. The number of hydrogen-bond acceptors (Lipinski definition) is 4. The molecule has 0 N–H and O–H groups in total. The summed E-state index contributed by atoms with van der Waals surface area (Å²) in [6.07, 6.45) is 9.71. The van der Waals surface area contributed by atoms with Crippen LogP contribution in [0.1, 0.15) is 30.1 Å². The number of carbonyl (C=O) groups excluding carboxylic acids is 1. The Morgan fingerprint density at radius 1 is 1.25 bits per heavy atom. The molecule has 0 saturated carbocycles. The van der Waals surface area contributed by atoms with Crippen LogP contribution in [0.2, 0.25) is 0 Å². The molecule has 3 rings (SSSR count). The normalized spacial score (nSPS) is 15.6. The van der Waals surface area contributed by atoms with Crippen LogP contribution in [0, 0.1) is 0 Å². The van der Waals surface area contributed by atoms with E-state index in [0.29, 0.717) is 18.9 Å². The third kappa shape index (κ3) is 4.00. The fourth-order valence-corrected chi connectivity index (χ4v) is 3.23. The van der Waals surface area contributed by atoms with Crippen LogP contribution in [0.25, 0.3) is 0 Å². The number of ether oxygens (including phenoxy) is 1. The zero-order valence-electron chi connectivity index (χ0n) is 14.1. The van der Waals surface area contributed by atoms with Crippen molar-refractivity contribution in [3.63, 3.8) is 0 Å². The van der Waals surface area contributed by atoms with Gasteiger partial charge in [0.05, 0.1) is 13.0 Å². The van der Waals surface area contributed by atoms with E-state index in [2.05, 4.69) is 14.5 Å². The number of hydrogen-bond donors (Lipinski definition) is 0. The summed E-state index contributed by atoms with van der Waals surface area (Å²) in [6.45, 7) is 3.11. The van der Waals surface area contributed by atoms with E-state index in [1.165, 1.54) is 0 Å². The first-order valence-electron chi connectivity index (χ1n) is 8.44. The van der Waals surface area contributed by atoms with Crippen LogP contribution in [-0.4, -0.2) is 52.1 Å². The van der Waals surface area contributed by atoms with Crippen LogP contribution in [0.4, 0.5) is 0 Å². The summed E-state index contributed by atoms with van der Waals surface area (Å²) in [5.74, 6) is 1.73. The van der Waals surface area contributed by atoms with Crippen molar-refractivity contribution >= 4 is 5.91 Å². The minimum absolute atomic E-state index is 0.197. The van der Waals surface area contributed by atoms with Gasteiger partial charge in [-0.15, -0.1) is 0 Å². The van der Waals surface area contributed by atoms with Crippen LogP contribution in [0.15, 0.2) is 36.9 Å². The number of imidazole rings is 1. The van der Waals surface area contributed by atoms with Crippen molar-refractivity contribution in [1.82, 2.24) is 19.4 Å². The predicted molar refractivity (Wildman–Crippen MR) is 90.6 cm³/mol. The fourth-order valence-electron chi connectivity index (χ4n) is 3.23. The molecule has 2 aromatic rings. The summed E-state index contributed by atoms with van der Waals surface area (Å²) in [5.41, 5.74) is 1.02. The monoisotopic (exact) mass is 328 g/mol. The minimum Gasteiger partial charge on any atom is -0.383 e. The van der Waals surface area contributed by atoms with Gasteiger partial charge in [-0.1, -0.05) is 0 Å². The van der Waals surface area contributed by atoms with Gasteiger partial charge < -0.3 is 14.2 Å². The second-order valence-corrected chi connectivity index (χ2v) is 6.16. The highest BCUT2D eigenvalue weighted by molar-refractivity contribution is 5.78. The van der Waals surface area contributed by atoms with E-state index in [1.807, 2.05) is 29.4 Å². The Labute approximate surface area is 142 Å². The van der Waals surface area contributed by atoms with Gasteiger partial charge in [0.25, 0.3) is 0 Å². The standard InChI is InChI=1S/C18H24N4O2/c1-24-13-12-22-11-8-20-18(22)16-4-9-21(10-5-16)17(23)14-15-2-6-19-7-3-15/h2-3,6-8,11,16H,4-5,9-10,12-14H2,1H3. The van der Waals surface area contributed by atoms with E-state index >= 15 is 0 Å². The highest BCUT2D eigenvalue weighted by Gasteiger charge is 2.26. The summed E-state index contributed by atoms with van der Waals surface area (Å²) >= 11 is 0. The van der Waals surface area contributed by atoms with Gasteiger partial charge >= 0.3 is 0 Å². The number of carbonyl (C=O) groups is 1. The molecule has 0 bridgehead atoms. The highest BCUT2D eigenvalue weighted by atomic mass is 16.5. The van der Waals surface area contributed by atoms with Gasteiger partial charge in [0.15, 0.2) is 0 Å². The molecule has 1 amide bonds. The average Bonchev–Trinajstić information content (AvgIpc) is 3.09. The number of pyridine rings is 1. The van der Waals surface area contributed by atoms with Crippen molar-refractivity contribution < 1.29 is 9.53 Å². The Kier molecular flexibility index (Phi) is 5.59. The smallest absolute Gasteiger partial charge is 0.226 e. The number of likely N-dealkylation sites (tertiary alicyclic amines) is 1. The Morgan fingerprint density at radius 3 is 2.71 bits per heavy atom. The van der Waals surface area contributed by atoms with E-state index in [1.54, 1.807) is 19.5 Å². The van der Waals surface area contributed by atoms with Gasteiger partial charge in [0, 0.05) is 57.4 Å². The van der Waals surface area contributed by atoms with Crippen LogP contribution in [0.3, 0.4) is 0 Å². The predicted octanol–water partition coefficient (Wildman–Crippen LogP) is 1.87. The number of amides is 1. The third-order valence-corrected chi connectivity index (χ3v) is 4.60. The number of methoxy groups -OCH3 is 1. The van der Waals surface area contributed by atoms with Crippen LogP contribution in [0.5, 0.6) is 0 Å². The molecule has 0 aromatic carbocycles. The highest BCUT2D eigenvalue weighted by Crippen LogP contribution is 2.27. The molecule has 0 atom stereocenters. The topological polar surface area (TPSA) is 60.2 Å². The molecule has 128 valence electrons. The first-order chi connectivity index (χ1) is 11.8. The molecular formula is C18H24N4O2. The van der Waals surface area contributed by atoms with Crippen LogP contribution >= 0.6 is 0 Å². The number of aromatic nitrogens is 3. The van der Waals surface area contributed by atoms with E-state index in [-0.39, 0.29) is 5.91 Å². The second kappa shape index (κ2) is 8.06.